The van der Waals surface area contributed by atoms with Crippen LogP contribution in [0, 0.1) is 0 Å². The minimum atomic E-state index is 0.466. The predicted molar refractivity (Wildman–Crippen MR) is 91.4 cm³/mol. The van der Waals surface area contributed by atoms with Gasteiger partial charge in [-0.3, -0.25) is 0 Å². The largest absolute Gasteiger partial charge is 0.383 e. The van der Waals surface area contributed by atoms with Crippen LogP contribution in [-0.4, -0.2) is 50.8 Å². The van der Waals surface area contributed by atoms with Gasteiger partial charge in [0.25, 0.3) is 0 Å². The third-order valence-corrected chi connectivity index (χ3v) is 4.77. The molecule has 0 fully saturated rings. The summed E-state index contributed by atoms with van der Waals surface area (Å²) in [6.07, 6.45) is 2.14. The van der Waals surface area contributed by atoms with Gasteiger partial charge in [0.05, 0.1) is 12.3 Å². The molecule has 0 saturated heterocycles. The minimum absolute atomic E-state index is 0.466. The summed E-state index contributed by atoms with van der Waals surface area (Å²) in [6.45, 7) is 7.96. The normalized spacial score (nSPS) is 11.3. The molecule has 0 bridgehead atoms. The number of rotatable bonds is 10. The summed E-state index contributed by atoms with van der Waals surface area (Å²) in [5.41, 5.74) is 1.23. The van der Waals surface area contributed by atoms with Crippen LogP contribution < -0.4 is 10.2 Å². The van der Waals surface area contributed by atoms with Crippen LogP contribution in [0.2, 0.25) is 0 Å². The van der Waals surface area contributed by atoms with Gasteiger partial charge in [-0.1, -0.05) is 13.8 Å². The average molecular weight is 318 g/mol. The molecule has 4 nitrogen and oxygen atoms in total. The van der Waals surface area contributed by atoms with E-state index in [1.807, 2.05) is 11.8 Å². The van der Waals surface area contributed by atoms with E-state index in [0.717, 1.165) is 37.1 Å². The third-order valence-electron chi connectivity index (χ3n) is 2.99. The first-order valence-corrected chi connectivity index (χ1v) is 9.20. The van der Waals surface area contributed by atoms with Crippen LogP contribution in [0.15, 0.2) is 0 Å². The standard InChI is InChI=1S/C14H27N3OS2/c1-11(2)13-12(10-15-6-8-18-4)20-14(16-13)17(3)7-9-19-5/h11,15H,6-10H2,1-5H3. The number of thiazole rings is 1. The minimum Gasteiger partial charge on any atom is -0.383 e. The first-order valence-electron chi connectivity index (χ1n) is 6.99. The maximum absolute atomic E-state index is 5.06. The number of aromatic nitrogens is 1. The Balaban J connectivity index is 2.69. The second kappa shape index (κ2) is 9.60. The molecule has 20 heavy (non-hydrogen) atoms. The quantitative estimate of drug-likeness (QED) is 0.672. The van der Waals surface area contributed by atoms with Crippen molar-refractivity contribution < 1.29 is 4.74 Å². The molecule has 0 atom stereocenters. The number of hydrogen-bond acceptors (Lipinski definition) is 6. The summed E-state index contributed by atoms with van der Waals surface area (Å²) in [5, 5.41) is 4.55. The Morgan fingerprint density at radius 3 is 2.80 bits per heavy atom. The van der Waals surface area contributed by atoms with Crippen LogP contribution in [0.25, 0.3) is 0 Å². The first-order chi connectivity index (χ1) is 9.60. The lowest BCUT2D eigenvalue weighted by atomic mass is 10.1. The van der Waals surface area contributed by atoms with E-state index in [0.29, 0.717) is 5.92 Å². The predicted octanol–water partition coefficient (Wildman–Crippen LogP) is 2.80. The van der Waals surface area contributed by atoms with Crippen LogP contribution in [0.3, 0.4) is 0 Å². The third kappa shape index (κ3) is 5.60. The lowest BCUT2D eigenvalue weighted by molar-refractivity contribution is 0.199. The van der Waals surface area contributed by atoms with E-state index in [-0.39, 0.29) is 0 Å². The maximum atomic E-state index is 5.06. The number of thioether (sulfide) groups is 1. The van der Waals surface area contributed by atoms with Gasteiger partial charge in [-0.15, -0.1) is 11.3 Å². The summed E-state index contributed by atoms with van der Waals surface area (Å²) >= 11 is 3.68. The molecule has 116 valence electrons. The zero-order chi connectivity index (χ0) is 15.0. The molecule has 0 unspecified atom stereocenters. The van der Waals surface area contributed by atoms with Crippen molar-refractivity contribution in [2.45, 2.75) is 26.3 Å². The van der Waals surface area contributed by atoms with Crippen LogP contribution in [0.4, 0.5) is 5.13 Å². The number of methoxy groups -OCH3 is 1. The molecule has 1 aromatic rings. The van der Waals surface area contributed by atoms with E-state index in [9.17, 15) is 0 Å². The van der Waals surface area contributed by atoms with E-state index >= 15 is 0 Å². The Bertz CT molecular complexity index is 382. The summed E-state index contributed by atoms with van der Waals surface area (Å²) in [5.74, 6) is 1.60. The molecule has 0 saturated carbocycles. The van der Waals surface area contributed by atoms with Gasteiger partial charge < -0.3 is 15.0 Å². The molecular weight excluding hydrogens is 290 g/mol. The smallest absolute Gasteiger partial charge is 0.185 e. The fourth-order valence-corrected chi connectivity index (χ4v) is 3.42. The van der Waals surface area contributed by atoms with Gasteiger partial charge in [0.15, 0.2) is 5.13 Å². The van der Waals surface area contributed by atoms with Gasteiger partial charge in [-0.25, -0.2) is 4.98 Å². The van der Waals surface area contributed by atoms with Gasteiger partial charge >= 0.3 is 0 Å². The van der Waals surface area contributed by atoms with E-state index in [2.05, 4.69) is 37.4 Å². The molecule has 1 rings (SSSR count). The summed E-state index contributed by atoms with van der Waals surface area (Å²) < 4.78 is 5.06. The number of anilines is 1. The highest BCUT2D eigenvalue weighted by Crippen LogP contribution is 2.30. The van der Waals surface area contributed by atoms with Crippen LogP contribution in [0.1, 0.15) is 30.3 Å². The average Bonchev–Trinajstić information content (AvgIpc) is 2.85. The maximum Gasteiger partial charge on any atom is 0.185 e. The Morgan fingerprint density at radius 1 is 1.45 bits per heavy atom. The zero-order valence-corrected chi connectivity index (χ0v) is 14.9. The van der Waals surface area contributed by atoms with Gasteiger partial charge in [-0.05, 0) is 12.2 Å². The van der Waals surface area contributed by atoms with Crippen molar-refractivity contribution in [1.82, 2.24) is 10.3 Å². The fourth-order valence-electron chi connectivity index (χ4n) is 1.79. The Kier molecular flexibility index (Phi) is 8.52. The molecule has 1 heterocycles. The highest BCUT2D eigenvalue weighted by atomic mass is 32.2. The molecule has 1 N–H and O–H groups in total. The SMILES string of the molecule is COCCNCc1sc(N(C)CCSC)nc1C(C)C. The van der Waals surface area contributed by atoms with Crippen LogP contribution in [-0.2, 0) is 11.3 Å². The molecular formula is C14H27N3OS2. The second-order valence-corrected chi connectivity index (χ2v) is 7.09. The number of ether oxygens (including phenoxy) is 1. The Labute approximate surface area is 131 Å². The molecule has 0 aliphatic carbocycles. The van der Waals surface area contributed by atoms with E-state index in [1.54, 1.807) is 18.4 Å². The summed E-state index contributed by atoms with van der Waals surface area (Å²) in [4.78, 5) is 8.43. The van der Waals surface area contributed by atoms with Crippen molar-refractivity contribution in [3.8, 4) is 0 Å². The summed E-state index contributed by atoms with van der Waals surface area (Å²) in [6, 6.07) is 0. The van der Waals surface area contributed by atoms with Crippen molar-refractivity contribution >= 4 is 28.2 Å². The number of nitrogens with zero attached hydrogens (tertiary/aromatic N) is 2. The molecule has 0 radical (unpaired) electrons. The van der Waals surface area contributed by atoms with E-state index in [4.69, 9.17) is 9.72 Å². The molecule has 0 aliphatic heterocycles. The molecule has 0 spiro atoms. The topological polar surface area (TPSA) is 37.4 Å². The Hall–Kier alpha value is -0.300. The van der Waals surface area contributed by atoms with Crippen LogP contribution in [0.5, 0.6) is 0 Å². The highest BCUT2D eigenvalue weighted by Gasteiger charge is 2.16. The lowest BCUT2D eigenvalue weighted by Gasteiger charge is -2.14. The van der Waals surface area contributed by atoms with Crippen molar-refractivity contribution in [2.24, 2.45) is 0 Å². The lowest BCUT2D eigenvalue weighted by Crippen LogP contribution is -2.19. The van der Waals surface area contributed by atoms with Gasteiger partial charge in [-0.2, -0.15) is 11.8 Å². The van der Waals surface area contributed by atoms with Crippen molar-refractivity contribution in [3.63, 3.8) is 0 Å². The molecule has 0 amide bonds. The van der Waals surface area contributed by atoms with Gasteiger partial charge in [0, 0.05) is 44.4 Å². The monoisotopic (exact) mass is 317 g/mol. The van der Waals surface area contributed by atoms with E-state index < -0.39 is 0 Å². The summed E-state index contributed by atoms with van der Waals surface area (Å²) in [7, 11) is 3.86. The number of nitrogens with one attached hydrogen (secondary N) is 1. The number of hydrogen-bond donors (Lipinski definition) is 1. The van der Waals surface area contributed by atoms with Crippen molar-refractivity contribution in [2.75, 3.05) is 50.8 Å². The van der Waals surface area contributed by atoms with Crippen molar-refractivity contribution in [1.29, 1.82) is 0 Å². The molecule has 1 aromatic heterocycles. The van der Waals surface area contributed by atoms with Crippen LogP contribution >= 0.6 is 23.1 Å². The second-order valence-electron chi connectivity index (χ2n) is 5.04. The van der Waals surface area contributed by atoms with E-state index in [1.165, 1.54) is 10.6 Å². The first kappa shape index (κ1) is 17.8. The van der Waals surface area contributed by atoms with Crippen molar-refractivity contribution in [3.05, 3.63) is 10.6 Å². The highest BCUT2D eigenvalue weighted by molar-refractivity contribution is 7.98. The molecule has 0 aromatic carbocycles. The fraction of sp³-hybridized carbons (Fsp3) is 0.786. The Morgan fingerprint density at radius 2 is 2.20 bits per heavy atom. The van der Waals surface area contributed by atoms with Gasteiger partial charge in [0.1, 0.15) is 0 Å². The molecule has 0 aliphatic rings. The zero-order valence-electron chi connectivity index (χ0n) is 13.2. The molecule has 6 heteroatoms. The van der Waals surface area contributed by atoms with Gasteiger partial charge in [0.2, 0.25) is 0 Å².